The molecule has 130 valence electrons. The molecule has 1 unspecified atom stereocenters. The molecule has 8 heteroatoms. The van der Waals surface area contributed by atoms with Crippen molar-refractivity contribution in [2.75, 3.05) is 46.8 Å². The number of carbonyl (C=O) groups is 1. The van der Waals surface area contributed by atoms with Crippen LogP contribution in [0.1, 0.15) is 15.9 Å². The van der Waals surface area contributed by atoms with Gasteiger partial charge in [-0.25, -0.2) is 4.79 Å². The SMILES string of the molecule is COC(=O)c1ccccc1COCCOCCOCCOPI. The van der Waals surface area contributed by atoms with Gasteiger partial charge in [-0.15, -0.1) is 0 Å². The first-order valence-electron chi connectivity index (χ1n) is 7.16. The van der Waals surface area contributed by atoms with Crippen molar-refractivity contribution in [2.24, 2.45) is 0 Å². The number of benzene rings is 1. The first-order valence-corrected chi connectivity index (χ1v) is 11.2. The van der Waals surface area contributed by atoms with E-state index in [-0.39, 0.29) is 5.97 Å². The predicted octanol–water partition coefficient (Wildman–Crippen LogP) is 2.98. The van der Waals surface area contributed by atoms with E-state index >= 15 is 0 Å². The number of ether oxygens (including phenoxy) is 4. The number of halogens is 1. The average Bonchev–Trinajstić information content (AvgIpc) is 2.59. The van der Waals surface area contributed by atoms with Crippen LogP contribution in [0.4, 0.5) is 0 Å². The molecule has 1 atom stereocenters. The zero-order valence-electron chi connectivity index (χ0n) is 13.1. The fraction of sp³-hybridized carbons (Fsp3) is 0.533. The van der Waals surface area contributed by atoms with Crippen molar-refractivity contribution in [3.8, 4) is 0 Å². The van der Waals surface area contributed by atoms with Gasteiger partial charge in [-0.05, 0) is 33.7 Å². The summed E-state index contributed by atoms with van der Waals surface area (Å²) in [7, 11) is 1.37. The van der Waals surface area contributed by atoms with Crippen LogP contribution in [-0.2, 0) is 30.1 Å². The van der Waals surface area contributed by atoms with E-state index in [4.69, 9.17) is 23.5 Å². The standard InChI is InChI=1S/C15H22IO6P/c1-18-15(17)14-5-3-2-4-13(14)12-21-9-8-19-6-7-20-10-11-22-23-16/h2-5,23H,6-12H2,1H3. The number of hydrogen-bond donors (Lipinski definition) is 0. The van der Waals surface area contributed by atoms with E-state index < -0.39 is 0 Å². The average molecular weight is 456 g/mol. The minimum absolute atomic E-state index is 0.347. The fourth-order valence-electron chi connectivity index (χ4n) is 1.72. The van der Waals surface area contributed by atoms with Crippen molar-refractivity contribution in [3.63, 3.8) is 0 Å². The fourth-order valence-corrected chi connectivity index (χ4v) is 2.54. The number of rotatable bonds is 13. The summed E-state index contributed by atoms with van der Waals surface area (Å²) in [5, 5.41) is 0. The Balaban J connectivity index is 2.06. The third kappa shape index (κ3) is 9.54. The zero-order valence-corrected chi connectivity index (χ0v) is 16.2. The topological polar surface area (TPSA) is 63.2 Å². The lowest BCUT2D eigenvalue weighted by molar-refractivity contribution is 0.00658. The molecule has 0 spiro atoms. The number of methoxy groups -OCH3 is 1. The Morgan fingerprint density at radius 3 is 2.26 bits per heavy atom. The van der Waals surface area contributed by atoms with Crippen LogP contribution in [0.5, 0.6) is 0 Å². The molecule has 1 aromatic carbocycles. The molecule has 0 aliphatic carbocycles. The summed E-state index contributed by atoms with van der Waals surface area (Å²) in [6.45, 7) is 4.01. The Bertz CT molecular complexity index is 446. The summed E-state index contributed by atoms with van der Waals surface area (Å²) < 4.78 is 26.1. The minimum Gasteiger partial charge on any atom is -0.465 e. The third-order valence-corrected chi connectivity index (χ3v) is 4.06. The smallest absolute Gasteiger partial charge is 0.338 e. The molecule has 0 saturated carbocycles. The van der Waals surface area contributed by atoms with Crippen molar-refractivity contribution >= 4 is 34.5 Å². The van der Waals surface area contributed by atoms with Gasteiger partial charge in [0.15, 0.2) is 0 Å². The largest absolute Gasteiger partial charge is 0.465 e. The normalized spacial score (nSPS) is 11.2. The van der Waals surface area contributed by atoms with Crippen LogP contribution in [0.25, 0.3) is 0 Å². The van der Waals surface area contributed by atoms with Crippen LogP contribution in [-0.4, -0.2) is 52.7 Å². The quantitative estimate of drug-likeness (QED) is 0.197. The van der Waals surface area contributed by atoms with E-state index in [2.05, 4.69) is 22.0 Å². The molecule has 0 aliphatic heterocycles. The Morgan fingerprint density at radius 2 is 1.61 bits per heavy atom. The van der Waals surface area contributed by atoms with Crippen molar-refractivity contribution in [2.45, 2.75) is 6.61 Å². The second-order valence-electron chi connectivity index (χ2n) is 4.35. The highest BCUT2D eigenvalue weighted by Gasteiger charge is 2.10. The second kappa shape index (κ2) is 14.1. The van der Waals surface area contributed by atoms with E-state index in [9.17, 15) is 4.79 Å². The highest BCUT2D eigenvalue weighted by molar-refractivity contribution is 14.2. The lowest BCUT2D eigenvalue weighted by Gasteiger charge is -2.09. The van der Waals surface area contributed by atoms with Crippen LogP contribution >= 0.6 is 28.5 Å². The van der Waals surface area contributed by atoms with Crippen LogP contribution < -0.4 is 0 Å². The molecule has 0 fully saturated rings. The summed E-state index contributed by atoms with van der Waals surface area (Å²) in [5.74, 6) is -0.357. The van der Waals surface area contributed by atoms with E-state index in [0.29, 0.717) is 58.3 Å². The molecule has 0 amide bonds. The summed E-state index contributed by atoms with van der Waals surface area (Å²) in [5.41, 5.74) is 1.33. The molecule has 1 aromatic rings. The van der Waals surface area contributed by atoms with Gasteiger partial charge in [0.25, 0.3) is 0 Å². The lowest BCUT2D eigenvalue weighted by Crippen LogP contribution is -2.12. The first-order chi connectivity index (χ1) is 11.3. The van der Waals surface area contributed by atoms with Gasteiger partial charge < -0.3 is 23.5 Å². The third-order valence-electron chi connectivity index (χ3n) is 2.81. The highest BCUT2D eigenvalue weighted by Crippen LogP contribution is 2.20. The summed E-state index contributed by atoms with van der Waals surface area (Å²) >= 11 is 2.17. The Hall–Kier alpha value is -0.310. The minimum atomic E-state index is -0.357. The zero-order chi connectivity index (χ0) is 16.8. The van der Waals surface area contributed by atoms with Crippen molar-refractivity contribution in [1.29, 1.82) is 0 Å². The molecule has 0 N–H and O–H groups in total. The van der Waals surface area contributed by atoms with Gasteiger partial charge in [-0.2, -0.15) is 0 Å². The number of hydrogen-bond acceptors (Lipinski definition) is 6. The molecule has 0 aliphatic rings. The maximum atomic E-state index is 11.6. The van der Waals surface area contributed by atoms with E-state index in [0.717, 1.165) is 5.56 Å². The molecule has 6 nitrogen and oxygen atoms in total. The predicted molar refractivity (Wildman–Crippen MR) is 97.4 cm³/mol. The second-order valence-corrected chi connectivity index (χ2v) is 6.12. The summed E-state index contributed by atoms with van der Waals surface area (Å²) in [6, 6.07) is 7.23. The molecule has 23 heavy (non-hydrogen) atoms. The van der Waals surface area contributed by atoms with Crippen LogP contribution in [0.15, 0.2) is 24.3 Å². The van der Waals surface area contributed by atoms with Gasteiger partial charge in [-0.3, -0.25) is 0 Å². The van der Waals surface area contributed by atoms with Gasteiger partial charge in [0.05, 0.1) is 65.4 Å². The van der Waals surface area contributed by atoms with Gasteiger partial charge in [0, 0.05) is 0 Å². The summed E-state index contributed by atoms with van der Waals surface area (Å²) in [4.78, 5) is 11.6. The molecule has 1 rings (SSSR count). The molecule has 0 aromatic heterocycles. The monoisotopic (exact) mass is 456 g/mol. The molecular weight excluding hydrogens is 434 g/mol. The van der Waals surface area contributed by atoms with Crippen LogP contribution in [0.3, 0.4) is 0 Å². The maximum Gasteiger partial charge on any atom is 0.338 e. The van der Waals surface area contributed by atoms with Crippen molar-refractivity contribution in [1.82, 2.24) is 0 Å². The van der Waals surface area contributed by atoms with Crippen LogP contribution in [0.2, 0.25) is 0 Å². The summed E-state index contributed by atoms with van der Waals surface area (Å²) in [6.07, 6.45) is 0. The van der Waals surface area contributed by atoms with Gasteiger partial charge in [-0.1, -0.05) is 18.2 Å². The van der Waals surface area contributed by atoms with E-state index in [1.165, 1.54) is 7.11 Å². The van der Waals surface area contributed by atoms with Crippen molar-refractivity contribution in [3.05, 3.63) is 35.4 Å². The molecule has 0 saturated heterocycles. The van der Waals surface area contributed by atoms with Gasteiger partial charge in [0.2, 0.25) is 0 Å². The maximum absolute atomic E-state index is 11.6. The number of carbonyl (C=O) groups excluding carboxylic acids is 1. The van der Waals surface area contributed by atoms with Gasteiger partial charge >= 0.3 is 5.97 Å². The number of esters is 1. The highest BCUT2D eigenvalue weighted by atomic mass is 127. The first kappa shape index (κ1) is 20.7. The Labute approximate surface area is 151 Å². The Morgan fingerprint density at radius 1 is 1.00 bits per heavy atom. The van der Waals surface area contributed by atoms with E-state index in [1.54, 1.807) is 12.1 Å². The lowest BCUT2D eigenvalue weighted by atomic mass is 10.1. The van der Waals surface area contributed by atoms with E-state index in [1.807, 2.05) is 12.1 Å². The molecular formula is C15H22IO6P. The van der Waals surface area contributed by atoms with Crippen LogP contribution in [0, 0.1) is 0 Å². The Kier molecular flexibility index (Phi) is 12.7. The van der Waals surface area contributed by atoms with Crippen molar-refractivity contribution < 1.29 is 28.3 Å². The van der Waals surface area contributed by atoms with Gasteiger partial charge in [0.1, 0.15) is 0 Å². The molecule has 0 bridgehead atoms. The molecule has 0 radical (unpaired) electrons. The molecule has 0 heterocycles.